The predicted molar refractivity (Wildman–Crippen MR) is 183 cm³/mol. The molecule has 0 spiro atoms. The fourth-order valence-electron chi connectivity index (χ4n) is 6.13. The van der Waals surface area contributed by atoms with Crippen LogP contribution in [0.3, 0.4) is 0 Å². The molecule has 6 rings (SSSR count). The third-order valence-electron chi connectivity index (χ3n) is 8.38. The molecule has 48 heavy (non-hydrogen) atoms. The summed E-state index contributed by atoms with van der Waals surface area (Å²) in [6.45, 7) is 6.75. The summed E-state index contributed by atoms with van der Waals surface area (Å²) in [7, 11) is 3.07. The molecular weight excluding hydrogens is 633 g/mol. The number of fused-ring (bicyclic) bond motifs is 2. The molecule has 11 heteroatoms. The van der Waals surface area contributed by atoms with E-state index in [1.54, 1.807) is 42.9 Å². The van der Waals surface area contributed by atoms with Gasteiger partial charge in [-0.05, 0) is 56.7 Å². The van der Waals surface area contributed by atoms with Crippen LogP contribution < -0.4 is 24.4 Å². The van der Waals surface area contributed by atoms with Gasteiger partial charge in [0, 0.05) is 41.4 Å². The molecule has 0 saturated carbocycles. The number of allylic oxidation sites excluding steroid dienone is 1. The number of rotatable bonds is 11. The maximum Gasteiger partial charge on any atom is 0.338 e. The lowest BCUT2D eigenvalue weighted by Crippen LogP contribution is -2.40. The first kappa shape index (κ1) is 32.9. The normalized spacial score (nSPS) is 14.6. The molecule has 0 N–H and O–H groups in total. The lowest BCUT2D eigenvalue weighted by atomic mass is 9.94. The number of nitrogens with zero attached hydrogens (tertiary/aromatic N) is 3. The lowest BCUT2D eigenvalue weighted by Gasteiger charge is -2.27. The summed E-state index contributed by atoms with van der Waals surface area (Å²) in [6, 6.07) is 19.0. The third kappa shape index (κ3) is 6.07. The number of para-hydroxylation sites is 2. The number of hydrogen-bond acceptors (Lipinski definition) is 8. The highest BCUT2D eigenvalue weighted by Gasteiger charge is 2.36. The van der Waals surface area contributed by atoms with Crippen LogP contribution in [0.15, 0.2) is 87.8 Å². The molecule has 248 valence electrons. The minimum Gasteiger partial charge on any atom is -0.493 e. The zero-order valence-electron chi connectivity index (χ0n) is 27.4. The summed E-state index contributed by atoms with van der Waals surface area (Å²) in [5, 5.41) is 0.976. The van der Waals surface area contributed by atoms with Gasteiger partial charge >= 0.3 is 5.97 Å². The Morgan fingerprint density at radius 3 is 2.52 bits per heavy atom. The fraction of sp³-hybridized carbons (Fsp3) is 0.270. The smallest absolute Gasteiger partial charge is 0.338 e. The van der Waals surface area contributed by atoms with Crippen molar-refractivity contribution in [1.82, 2.24) is 9.13 Å². The second kappa shape index (κ2) is 14.0. The van der Waals surface area contributed by atoms with Crippen molar-refractivity contribution in [2.75, 3.05) is 34.0 Å². The molecule has 0 aliphatic carbocycles. The van der Waals surface area contributed by atoms with E-state index in [0.29, 0.717) is 45.2 Å². The summed E-state index contributed by atoms with van der Waals surface area (Å²) in [5.74, 6) is 0.0187. The van der Waals surface area contributed by atoms with Crippen LogP contribution in [0.5, 0.6) is 11.5 Å². The Kier molecular flexibility index (Phi) is 9.61. The van der Waals surface area contributed by atoms with Gasteiger partial charge in [0.05, 0.1) is 36.1 Å². The van der Waals surface area contributed by atoms with Crippen LogP contribution in [-0.2, 0) is 20.8 Å². The van der Waals surface area contributed by atoms with Gasteiger partial charge in [0.2, 0.25) is 0 Å². The summed E-state index contributed by atoms with van der Waals surface area (Å²) in [6.07, 6.45) is 1.89. The zero-order valence-corrected chi connectivity index (χ0v) is 28.2. The van der Waals surface area contributed by atoms with Crippen LogP contribution in [0.25, 0.3) is 17.0 Å². The van der Waals surface area contributed by atoms with E-state index in [1.165, 1.54) is 30.6 Å². The first-order valence-electron chi connectivity index (χ1n) is 15.6. The molecule has 1 atom stereocenters. The van der Waals surface area contributed by atoms with Crippen molar-refractivity contribution in [3.63, 3.8) is 0 Å². The van der Waals surface area contributed by atoms with Crippen LogP contribution in [-0.4, -0.2) is 49.1 Å². The van der Waals surface area contributed by atoms with Gasteiger partial charge in [-0.15, -0.1) is 0 Å². The molecule has 3 heterocycles. The van der Waals surface area contributed by atoms with E-state index in [2.05, 4.69) is 4.57 Å². The quantitative estimate of drug-likeness (QED) is 0.140. The van der Waals surface area contributed by atoms with Crippen molar-refractivity contribution in [1.29, 1.82) is 0 Å². The van der Waals surface area contributed by atoms with Gasteiger partial charge in [-0.25, -0.2) is 14.2 Å². The third-order valence-corrected chi connectivity index (χ3v) is 9.37. The average molecular weight is 670 g/mol. The molecule has 0 fully saturated rings. The standard InChI is InChI=1S/C37H36FN3O6S/c1-6-46-34-27(11-9-13-30(34)45-5)33-32(36(43)47-19-18-44-4)22(2)39-37-41(33)35(42)31(48-37)20-28-23(3)40(29-12-8-7-10-26(28)29)21-24-14-16-25(38)17-15-24/h7-17,20,33H,6,18-19,21H2,1-5H3/b31-20+/t33-/m1/s1. The molecule has 0 radical (unpaired) electrons. The van der Waals surface area contributed by atoms with E-state index < -0.39 is 12.0 Å². The zero-order chi connectivity index (χ0) is 33.9. The van der Waals surface area contributed by atoms with Crippen molar-refractivity contribution in [3.05, 3.63) is 126 Å². The van der Waals surface area contributed by atoms with Gasteiger partial charge in [-0.1, -0.05) is 53.8 Å². The van der Waals surface area contributed by atoms with E-state index in [-0.39, 0.29) is 30.2 Å². The monoisotopic (exact) mass is 669 g/mol. The first-order chi connectivity index (χ1) is 23.3. The number of ether oxygens (including phenoxy) is 4. The summed E-state index contributed by atoms with van der Waals surface area (Å²) in [5.41, 5.74) is 4.72. The van der Waals surface area contributed by atoms with E-state index >= 15 is 0 Å². The van der Waals surface area contributed by atoms with Crippen LogP contribution in [0.1, 0.15) is 42.3 Å². The van der Waals surface area contributed by atoms with Gasteiger partial charge in [0.1, 0.15) is 18.5 Å². The Morgan fingerprint density at radius 1 is 1.02 bits per heavy atom. The summed E-state index contributed by atoms with van der Waals surface area (Å²) < 4.78 is 40.2. The topological polar surface area (TPSA) is 93.3 Å². The van der Waals surface area contributed by atoms with Crippen molar-refractivity contribution in [2.45, 2.75) is 33.4 Å². The maximum atomic E-state index is 14.5. The second-order valence-corrected chi connectivity index (χ2v) is 12.3. The molecule has 5 aromatic rings. The minimum absolute atomic E-state index is 0.0426. The molecular formula is C37H36FN3O6S. The van der Waals surface area contributed by atoms with Crippen LogP contribution in [0, 0.1) is 12.7 Å². The van der Waals surface area contributed by atoms with Crippen LogP contribution >= 0.6 is 11.3 Å². The number of methoxy groups -OCH3 is 2. The van der Waals surface area contributed by atoms with E-state index in [0.717, 1.165) is 27.7 Å². The Hall–Kier alpha value is -5.00. The van der Waals surface area contributed by atoms with E-state index in [1.807, 2.05) is 50.3 Å². The van der Waals surface area contributed by atoms with Crippen molar-refractivity contribution < 1.29 is 28.1 Å². The maximum absolute atomic E-state index is 14.5. The largest absolute Gasteiger partial charge is 0.493 e. The highest BCUT2D eigenvalue weighted by molar-refractivity contribution is 7.07. The van der Waals surface area contributed by atoms with Gasteiger partial charge in [0.25, 0.3) is 5.56 Å². The van der Waals surface area contributed by atoms with Gasteiger partial charge in [-0.3, -0.25) is 9.36 Å². The molecule has 0 saturated heterocycles. The fourth-order valence-corrected chi connectivity index (χ4v) is 7.16. The van der Waals surface area contributed by atoms with Crippen LogP contribution in [0.2, 0.25) is 0 Å². The Morgan fingerprint density at radius 2 is 1.79 bits per heavy atom. The second-order valence-electron chi connectivity index (χ2n) is 11.3. The van der Waals surface area contributed by atoms with Crippen molar-refractivity contribution in [3.8, 4) is 11.5 Å². The highest BCUT2D eigenvalue weighted by Crippen LogP contribution is 2.41. The van der Waals surface area contributed by atoms with E-state index in [4.69, 9.17) is 23.9 Å². The number of thiazole rings is 1. The van der Waals surface area contributed by atoms with E-state index in [9.17, 15) is 14.0 Å². The van der Waals surface area contributed by atoms with Crippen LogP contribution in [0.4, 0.5) is 4.39 Å². The summed E-state index contributed by atoms with van der Waals surface area (Å²) in [4.78, 5) is 33.4. The first-order valence-corrected chi connectivity index (χ1v) is 16.4. The predicted octanol–water partition coefficient (Wildman–Crippen LogP) is 5.28. The Labute approximate surface area is 280 Å². The van der Waals surface area contributed by atoms with Crippen molar-refractivity contribution in [2.24, 2.45) is 4.99 Å². The molecule has 0 amide bonds. The lowest BCUT2D eigenvalue weighted by molar-refractivity contribution is -0.140. The number of benzene rings is 3. The van der Waals surface area contributed by atoms with Gasteiger partial charge in [0.15, 0.2) is 16.3 Å². The summed E-state index contributed by atoms with van der Waals surface area (Å²) >= 11 is 1.25. The number of aromatic nitrogens is 2. The Balaban J connectivity index is 1.55. The highest BCUT2D eigenvalue weighted by atomic mass is 32.1. The SMILES string of the molecule is CCOc1c(OC)cccc1[C@@H]1C(C(=O)OCCOC)=C(C)N=c2s/c(=C/c3c(C)n(Cc4ccc(F)cc4)c4ccccc34)c(=O)n21. The number of halogens is 1. The minimum atomic E-state index is -0.893. The molecule has 2 aromatic heterocycles. The number of hydrogen-bond donors (Lipinski definition) is 0. The molecule has 1 aliphatic heterocycles. The average Bonchev–Trinajstić information content (AvgIpc) is 3.53. The molecule has 0 unspecified atom stereocenters. The van der Waals surface area contributed by atoms with Gasteiger partial charge in [-0.2, -0.15) is 0 Å². The Bertz CT molecular complexity index is 2210. The molecule has 9 nitrogen and oxygen atoms in total. The molecule has 0 bridgehead atoms. The van der Waals surface area contributed by atoms with Gasteiger partial charge < -0.3 is 23.5 Å². The number of carbonyl (C=O) groups excluding carboxylic acids is 1. The number of carbonyl (C=O) groups is 1. The van der Waals surface area contributed by atoms with Crippen molar-refractivity contribution >= 4 is 34.3 Å². The number of esters is 1. The molecule has 3 aromatic carbocycles. The molecule has 1 aliphatic rings.